The van der Waals surface area contributed by atoms with Crippen LogP contribution >= 0.6 is 11.6 Å². The number of methoxy groups -OCH3 is 1. The molecule has 2 N–H and O–H groups in total. The molecule has 1 aliphatic heterocycles. The highest BCUT2D eigenvalue weighted by Gasteiger charge is 2.26. The Morgan fingerprint density at radius 3 is 2.78 bits per heavy atom. The highest BCUT2D eigenvalue weighted by molar-refractivity contribution is 6.34. The number of esters is 1. The van der Waals surface area contributed by atoms with Gasteiger partial charge in [-0.1, -0.05) is 11.6 Å². The summed E-state index contributed by atoms with van der Waals surface area (Å²) in [6.07, 6.45) is 1.18. The van der Waals surface area contributed by atoms with E-state index >= 15 is 0 Å². The summed E-state index contributed by atoms with van der Waals surface area (Å²) >= 11 is 6.11. The first-order valence-electron chi connectivity index (χ1n) is 7.07. The van der Waals surface area contributed by atoms with Crippen LogP contribution in [-0.2, 0) is 14.3 Å². The van der Waals surface area contributed by atoms with Gasteiger partial charge in [0.2, 0.25) is 5.91 Å². The Morgan fingerprint density at radius 1 is 1.48 bits per heavy atom. The molecule has 2 rings (SSSR count). The molecule has 0 aromatic heterocycles. The Hall–Kier alpha value is -2.12. The summed E-state index contributed by atoms with van der Waals surface area (Å²) in [5.41, 5.74) is 0.687. The molecule has 0 aliphatic carbocycles. The molecular weight excluding hydrogens is 324 g/mol. The molecule has 1 saturated heterocycles. The molecular formula is C15H17ClN2O5. The Kier molecular flexibility index (Phi) is 5.57. The van der Waals surface area contributed by atoms with E-state index < -0.39 is 24.5 Å². The van der Waals surface area contributed by atoms with Gasteiger partial charge in [-0.05, 0) is 24.6 Å². The van der Waals surface area contributed by atoms with E-state index in [2.05, 4.69) is 10.1 Å². The van der Waals surface area contributed by atoms with Crippen molar-refractivity contribution in [3.8, 4) is 0 Å². The average molecular weight is 341 g/mol. The zero-order chi connectivity index (χ0) is 17.0. The van der Waals surface area contributed by atoms with Crippen molar-refractivity contribution in [3.05, 3.63) is 28.8 Å². The maximum Gasteiger partial charge on any atom is 0.330 e. The number of aliphatic hydroxyl groups excluding tert-OH is 1. The Balaban J connectivity index is 2.21. The van der Waals surface area contributed by atoms with Gasteiger partial charge in [0, 0.05) is 18.5 Å². The molecule has 1 aromatic rings. The van der Waals surface area contributed by atoms with Gasteiger partial charge in [-0.2, -0.15) is 0 Å². The number of halogens is 1. The Labute approximate surface area is 138 Å². The number of hydrogen-bond donors (Lipinski definition) is 2. The third-order valence-corrected chi connectivity index (χ3v) is 3.87. The third kappa shape index (κ3) is 3.80. The summed E-state index contributed by atoms with van der Waals surface area (Å²) in [7, 11) is 1.16. The molecule has 1 aromatic carbocycles. The van der Waals surface area contributed by atoms with Gasteiger partial charge in [0.15, 0.2) is 6.04 Å². The fourth-order valence-corrected chi connectivity index (χ4v) is 2.55. The quantitative estimate of drug-likeness (QED) is 0.770. The zero-order valence-electron chi connectivity index (χ0n) is 12.5. The smallest absolute Gasteiger partial charge is 0.330 e. The molecule has 23 heavy (non-hydrogen) atoms. The van der Waals surface area contributed by atoms with E-state index in [-0.39, 0.29) is 11.5 Å². The lowest BCUT2D eigenvalue weighted by atomic mass is 10.1. The van der Waals surface area contributed by atoms with Gasteiger partial charge in [0.05, 0.1) is 24.4 Å². The minimum Gasteiger partial charge on any atom is -0.467 e. The van der Waals surface area contributed by atoms with Gasteiger partial charge in [0.25, 0.3) is 5.91 Å². The first kappa shape index (κ1) is 17.2. The largest absolute Gasteiger partial charge is 0.467 e. The second-order valence-electron chi connectivity index (χ2n) is 5.05. The van der Waals surface area contributed by atoms with E-state index in [1.807, 2.05) is 0 Å². The number of anilines is 1. The number of amides is 2. The van der Waals surface area contributed by atoms with E-state index in [1.165, 1.54) is 23.1 Å². The summed E-state index contributed by atoms with van der Waals surface area (Å²) in [5, 5.41) is 11.9. The summed E-state index contributed by atoms with van der Waals surface area (Å²) in [4.78, 5) is 37.0. The lowest BCUT2D eigenvalue weighted by Crippen LogP contribution is -2.44. The SMILES string of the molecule is COC(=O)[C@@H](CO)NC(=O)c1ccc(Cl)c(N2CCCC2=O)c1. The van der Waals surface area contributed by atoms with Crippen LogP contribution in [0.2, 0.25) is 5.02 Å². The second kappa shape index (κ2) is 7.43. The minimum absolute atomic E-state index is 0.0488. The molecule has 2 amide bonds. The number of ether oxygens (including phenoxy) is 1. The molecule has 1 aliphatic rings. The average Bonchev–Trinajstić information content (AvgIpc) is 2.98. The topological polar surface area (TPSA) is 95.9 Å². The normalized spacial score (nSPS) is 15.4. The minimum atomic E-state index is -1.15. The molecule has 0 radical (unpaired) electrons. The Morgan fingerprint density at radius 2 is 2.22 bits per heavy atom. The van der Waals surface area contributed by atoms with E-state index in [1.54, 1.807) is 0 Å². The summed E-state index contributed by atoms with van der Waals surface area (Å²) in [6.45, 7) is -0.0332. The van der Waals surface area contributed by atoms with Gasteiger partial charge in [-0.3, -0.25) is 9.59 Å². The van der Waals surface area contributed by atoms with E-state index in [9.17, 15) is 14.4 Å². The number of nitrogens with zero attached hydrogens (tertiary/aromatic N) is 1. The molecule has 8 heteroatoms. The molecule has 1 fully saturated rings. The number of rotatable bonds is 5. The highest BCUT2D eigenvalue weighted by atomic mass is 35.5. The van der Waals surface area contributed by atoms with Crippen molar-refractivity contribution in [1.82, 2.24) is 5.32 Å². The number of benzene rings is 1. The lowest BCUT2D eigenvalue weighted by Gasteiger charge is -2.19. The summed E-state index contributed by atoms with van der Waals surface area (Å²) in [6, 6.07) is 3.34. The zero-order valence-corrected chi connectivity index (χ0v) is 13.3. The molecule has 7 nitrogen and oxygen atoms in total. The molecule has 0 unspecified atom stereocenters. The maximum atomic E-state index is 12.2. The van der Waals surface area contributed by atoms with Gasteiger partial charge in [-0.25, -0.2) is 4.79 Å². The molecule has 0 spiro atoms. The van der Waals surface area contributed by atoms with Crippen LogP contribution in [0, 0.1) is 0 Å². The predicted octanol–water partition coefficient (Wildman–Crippen LogP) is 0.730. The van der Waals surface area contributed by atoms with E-state index in [0.717, 1.165) is 13.5 Å². The van der Waals surface area contributed by atoms with Crippen molar-refractivity contribution in [2.75, 3.05) is 25.2 Å². The van der Waals surface area contributed by atoms with E-state index in [4.69, 9.17) is 16.7 Å². The maximum absolute atomic E-state index is 12.2. The summed E-state index contributed by atoms with van der Waals surface area (Å²) < 4.78 is 4.49. The fraction of sp³-hybridized carbons (Fsp3) is 0.400. The van der Waals surface area contributed by atoms with Crippen LogP contribution in [0.1, 0.15) is 23.2 Å². The van der Waals surface area contributed by atoms with Crippen molar-refractivity contribution in [1.29, 1.82) is 0 Å². The fourth-order valence-electron chi connectivity index (χ4n) is 2.33. The van der Waals surface area contributed by atoms with Crippen LogP contribution in [0.25, 0.3) is 0 Å². The van der Waals surface area contributed by atoms with Crippen LogP contribution in [0.3, 0.4) is 0 Å². The molecule has 124 valence electrons. The van der Waals surface area contributed by atoms with Gasteiger partial charge < -0.3 is 20.1 Å². The standard InChI is InChI=1S/C15H17ClN2O5/c1-23-15(22)11(8-19)17-14(21)9-4-5-10(16)12(7-9)18-6-2-3-13(18)20/h4-5,7,11,19H,2-3,6,8H2,1H3,(H,17,21)/t11-/m1/s1. The lowest BCUT2D eigenvalue weighted by molar-refractivity contribution is -0.143. The number of aliphatic hydroxyl groups is 1. The predicted molar refractivity (Wildman–Crippen MR) is 83.4 cm³/mol. The van der Waals surface area contributed by atoms with Gasteiger partial charge in [-0.15, -0.1) is 0 Å². The van der Waals surface area contributed by atoms with Crippen molar-refractivity contribution < 1.29 is 24.2 Å². The van der Waals surface area contributed by atoms with Crippen LogP contribution < -0.4 is 10.2 Å². The van der Waals surface area contributed by atoms with E-state index in [0.29, 0.717) is 23.7 Å². The third-order valence-electron chi connectivity index (χ3n) is 3.55. The van der Waals surface area contributed by atoms with Crippen LogP contribution in [-0.4, -0.2) is 49.2 Å². The molecule has 1 heterocycles. The first-order valence-corrected chi connectivity index (χ1v) is 7.45. The van der Waals surface area contributed by atoms with Crippen molar-refractivity contribution in [3.63, 3.8) is 0 Å². The molecule has 0 bridgehead atoms. The van der Waals surface area contributed by atoms with Crippen LogP contribution in [0.5, 0.6) is 0 Å². The Bertz CT molecular complexity index is 634. The van der Waals surface area contributed by atoms with Crippen LogP contribution in [0.15, 0.2) is 18.2 Å². The number of nitrogens with one attached hydrogen (secondary N) is 1. The van der Waals surface area contributed by atoms with Gasteiger partial charge >= 0.3 is 5.97 Å². The number of hydrogen-bond acceptors (Lipinski definition) is 5. The first-order chi connectivity index (χ1) is 11.0. The second-order valence-corrected chi connectivity index (χ2v) is 5.45. The number of carbonyl (C=O) groups is 3. The van der Waals surface area contributed by atoms with Crippen molar-refractivity contribution in [2.45, 2.75) is 18.9 Å². The number of carbonyl (C=O) groups excluding carboxylic acids is 3. The van der Waals surface area contributed by atoms with Crippen molar-refractivity contribution in [2.24, 2.45) is 0 Å². The molecule has 1 atom stereocenters. The molecule has 0 saturated carbocycles. The monoisotopic (exact) mass is 340 g/mol. The van der Waals surface area contributed by atoms with Crippen LogP contribution in [0.4, 0.5) is 5.69 Å². The van der Waals surface area contributed by atoms with Gasteiger partial charge in [0.1, 0.15) is 0 Å². The highest BCUT2D eigenvalue weighted by Crippen LogP contribution is 2.30. The summed E-state index contributed by atoms with van der Waals surface area (Å²) in [5.74, 6) is -1.36. The van der Waals surface area contributed by atoms with Crippen molar-refractivity contribution >= 4 is 35.1 Å².